The molecule has 8 nitrogen and oxygen atoms in total. The van der Waals surface area contributed by atoms with Gasteiger partial charge in [0.2, 0.25) is 5.91 Å². The van der Waals surface area contributed by atoms with Crippen molar-refractivity contribution in [3.8, 4) is 0 Å². The molecular formula is C11H11N5O3S. The second-order valence-electron chi connectivity index (χ2n) is 3.98. The molecule has 0 fully saturated rings. The number of primary amides is 1. The zero-order valence-electron chi connectivity index (χ0n) is 10.5. The lowest BCUT2D eigenvalue weighted by atomic mass is 10.1. The monoisotopic (exact) mass is 293 g/mol. The van der Waals surface area contributed by atoms with Crippen molar-refractivity contribution < 1.29 is 9.72 Å². The molecule has 2 rings (SSSR count). The number of hydrogen-bond donors (Lipinski definition) is 1. The van der Waals surface area contributed by atoms with Gasteiger partial charge in [0.1, 0.15) is 6.33 Å². The second kappa shape index (κ2) is 5.70. The summed E-state index contributed by atoms with van der Waals surface area (Å²) < 4.78 is 1.72. The number of aromatic nitrogens is 3. The number of thioether (sulfide) groups is 1. The van der Waals surface area contributed by atoms with Gasteiger partial charge in [-0.15, -0.1) is 10.2 Å². The lowest BCUT2D eigenvalue weighted by Gasteiger charge is -2.04. The van der Waals surface area contributed by atoms with E-state index in [2.05, 4.69) is 10.2 Å². The normalized spacial score (nSPS) is 10.4. The zero-order chi connectivity index (χ0) is 14.7. The minimum Gasteiger partial charge on any atom is -0.366 e. The molecular weight excluding hydrogens is 282 g/mol. The fraction of sp³-hybridized carbons (Fsp3) is 0.182. The quantitative estimate of drug-likeness (QED) is 0.501. The van der Waals surface area contributed by atoms with Crippen LogP contribution in [-0.2, 0) is 12.8 Å². The Balaban J connectivity index is 2.25. The molecule has 1 heterocycles. The van der Waals surface area contributed by atoms with Gasteiger partial charge in [-0.25, -0.2) is 0 Å². The average molecular weight is 293 g/mol. The molecule has 0 saturated carbocycles. The van der Waals surface area contributed by atoms with Crippen LogP contribution < -0.4 is 5.73 Å². The van der Waals surface area contributed by atoms with E-state index in [4.69, 9.17) is 5.73 Å². The van der Waals surface area contributed by atoms with Gasteiger partial charge in [0.15, 0.2) is 5.16 Å². The van der Waals surface area contributed by atoms with Gasteiger partial charge in [0.05, 0.1) is 4.92 Å². The van der Waals surface area contributed by atoms with Crippen LogP contribution >= 0.6 is 11.8 Å². The number of aryl methyl sites for hydroxylation is 1. The number of carbonyl (C=O) groups is 1. The van der Waals surface area contributed by atoms with Crippen molar-refractivity contribution in [2.75, 3.05) is 0 Å². The minimum absolute atomic E-state index is 0.115. The standard InChI is InChI=1S/C11H11N5O3S/c1-15-6-13-14-11(15)20-5-8-3-2-7(10(12)17)4-9(8)16(18)19/h2-4,6H,5H2,1H3,(H2,12,17). The first-order chi connectivity index (χ1) is 9.49. The van der Waals surface area contributed by atoms with E-state index in [-0.39, 0.29) is 11.3 Å². The predicted molar refractivity (Wildman–Crippen MR) is 72.2 cm³/mol. The molecule has 0 atom stereocenters. The number of rotatable bonds is 5. The molecule has 0 aliphatic rings. The molecule has 1 aromatic carbocycles. The van der Waals surface area contributed by atoms with Gasteiger partial charge in [-0.05, 0) is 6.07 Å². The third-order valence-corrected chi connectivity index (χ3v) is 3.68. The van der Waals surface area contributed by atoms with E-state index in [1.807, 2.05) is 0 Å². The number of nitrogens with zero attached hydrogens (tertiary/aromatic N) is 4. The number of amides is 1. The molecule has 1 aromatic heterocycles. The van der Waals surface area contributed by atoms with E-state index in [1.54, 1.807) is 17.9 Å². The number of nitro groups is 1. The lowest BCUT2D eigenvalue weighted by Crippen LogP contribution is -2.11. The van der Waals surface area contributed by atoms with Crippen molar-refractivity contribution in [1.29, 1.82) is 0 Å². The molecule has 104 valence electrons. The van der Waals surface area contributed by atoms with Gasteiger partial charge in [-0.3, -0.25) is 14.9 Å². The first kappa shape index (κ1) is 14.0. The van der Waals surface area contributed by atoms with Crippen LogP contribution in [0.15, 0.2) is 29.7 Å². The van der Waals surface area contributed by atoms with Gasteiger partial charge in [-0.1, -0.05) is 17.8 Å². The molecule has 0 spiro atoms. The van der Waals surface area contributed by atoms with E-state index >= 15 is 0 Å². The highest BCUT2D eigenvalue weighted by atomic mass is 32.2. The van der Waals surface area contributed by atoms with Crippen LogP contribution in [0.25, 0.3) is 0 Å². The molecule has 20 heavy (non-hydrogen) atoms. The largest absolute Gasteiger partial charge is 0.366 e. The van der Waals surface area contributed by atoms with Crippen LogP contribution in [0.4, 0.5) is 5.69 Å². The Bertz CT molecular complexity index is 670. The summed E-state index contributed by atoms with van der Waals surface area (Å²) in [5.74, 6) is -0.345. The van der Waals surface area contributed by atoms with Gasteiger partial charge in [0, 0.05) is 30.0 Å². The third kappa shape index (κ3) is 2.94. The van der Waals surface area contributed by atoms with E-state index in [9.17, 15) is 14.9 Å². The predicted octanol–water partition coefficient (Wildman–Crippen LogP) is 1.11. The van der Waals surface area contributed by atoms with Crippen LogP contribution in [0.2, 0.25) is 0 Å². The van der Waals surface area contributed by atoms with Crippen LogP contribution in [0.1, 0.15) is 15.9 Å². The molecule has 2 N–H and O–H groups in total. The Kier molecular flexibility index (Phi) is 3.99. The number of nitro benzene ring substituents is 1. The SMILES string of the molecule is Cn1cnnc1SCc1ccc(C(N)=O)cc1[N+](=O)[O-]. The summed E-state index contributed by atoms with van der Waals surface area (Å²) in [5.41, 5.74) is 5.60. The van der Waals surface area contributed by atoms with Gasteiger partial charge < -0.3 is 10.3 Å². The summed E-state index contributed by atoms with van der Waals surface area (Å²) in [6.07, 6.45) is 1.55. The van der Waals surface area contributed by atoms with E-state index in [1.165, 1.54) is 30.0 Å². The smallest absolute Gasteiger partial charge is 0.274 e. The summed E-state index contributed by atoms with van der Waals surface area (Å²) in [7, 11) is 1.78. The highest BCUT2D eigenvalue weighted by Crippen LogP contribution is 2.27. The summed E-state index contributed by atoms with van der Waals surface area (Å²) in [6.45, 7) is 0. The molecule has 2 aromatic rings. The summed E-state index contributed by atoms with van der Waals surface area (Å²) in [4.78, 5) is 21.6. The number of nitrogens with two attached hydrogens (primary N) is 1. The Morgan fingerprint density at radius 1 is 1.55 bits per heavy atom. The van der Waals surface area contributed by atoms with Gasteiger partial charge in [0.25, 0.3) is 5.69 Å². The van der Waals surface area contributed by atoms with Crippen molar-refractivity contribution >= 4 is 23.4 Å². The highest BCUT2D eigenvalue weighted by Gasteiger charge is 2.17. The van der Waals surface area contributed by atoms with Gasteiger partial charge in [-0.2, -0.15) is 0 Å². The number of carbonyl (C=O) groups excluding carboxylic acids is 1. The molecule has 0 saturated heterocycles. The Labute approximate surface area is 118 Å². The summed E-state index contributed by atoms with van der Waals surface area (Å²) in [6, 6.07) is 4.19. The van der Waals surface area contributed by atoms with Gasteiger partial charge >= 0.3 is 0 Å². The molecule has 9 heteroatoms. The van der Waals surface area contributed by atoms with Crippen molar-refractivity contribution in [3.63, 3.8) is 0 Å². The topological polar surface area (TPSA) is 117 Å². The van der Waals surface area contributed by atoms with Crippen molar-refractivity contribution in [2.24, 2.45) is 12.8 Å². The van der Waals surface area contributed by atoms with Crippen LogP contribution in [-0.4, -0.2) is 25.6 Å². The van der Waals surface area contributed by atoms with Crippen molar-refractivity contribution in [3.05, 3.63) is 45.8 Å². The van der Waals surface area contributed by atoms with Crippen LogP contribution in [0, 0.1) is 10.1 Å². The molecule has 0 bridgehead atoms. The second-order valence-corrected chi connectivity index (χ2v) is 4.92. The first-order valence-electron chi connectivity index (χ1n) is 5.53. The van der Waals surface area contributed by atoms with Crippen LogP contribution in [0.5, 0.6) is 0 Å². The molecule has 1 amide bonds. The number of benzene rings is 1. The maximum Gasteiger partial charge on any atom is 0.274 e. The molecule has 0 aliphatic heterocycles. The fourth-order valence-corrected chi connectivity index (χ4v) is 2.44. The first-order valence-corrected chi connectivity index (χ1v) is 6.51. The van der Waals surface area contributed by atoms with E-state index in [0.29, 0.717) is 16.5 Å². The van der Waals surface area contributed by atoms with Crippen molar-refractivity contribution in [1.82, 2.24) is 14.8 Å². The summed E-state index contributed by atoms with van der Waals surface area (Å²) >= 11 is 1.32. The van der Waals surface area contributed by atoms with E-state index < -0.39 is 10.8 Å². The van der Waals surface area contributed by atoms with Crippen molar-refractivity contribution in [2.45, 2.75) is 10.9 Å². The zero-order valence-corrected chi connectivity index (χ0v) is 11.3. The summed E-state index contributed by atoms with van der Waals surface area (Å²) in [5, 5.41) is 19.3. The molecule has 0 unspecified atom stereocenters. The highest BCUT2D eigenvalue weighted by molar-refractivity contribution is 7.98. The Morgan fingerprint density at radius 3 is 2.85 bits per heavy atom. The third-order valence-electron chi connectivity index (χ3n) is 2.59. The van der Waals surface area contributed by atoms with Crippen LogP contribution in [0.3, 0.4) is 0 Å². The fourth-order valence-electron chi connectivity index (χ4n) is 1.55. The lowest BCUT2D eigenvalue weighted by molar-refractivity contribution is -0.385. The molecule has 0 aliphatic carbocycles. The minimum atomic E-state index is -0.694. The maximum atomic E-state index is 11.0. The Hall–Kier alpha value is -2.42. The average Bonchev–Trinajstić information content (AvgIpc) is 2.81. The number of hydrogen-bond acceptors (Lipinski definition) is 6. The molecule has 0 radical (unpaired) electrons. The van der Waals surface area contributed by atoms with E-state index in [0.717, 1.165) is 0 Å². The Morgan fingerprint density at radius 2 is 2.30 bits per heavy atom. The maximum absolute atomic E-state index is 11.0.